The van der Waals surface area contributed by atoms with Crippen LogP contribution in [-0.2, 0) is 9.59 Å². The summed E-state index contributed by atoms with van der Waals surface area (Å²) in [6.45, 7) is 3.08. The van der Waals surface area contributed by atoms with Crippen LogP contribution in [0, 0.1) is 0 Å². The first kappa shape index (κ1) is 16.2. The van der Waals surface area contributed by atoms with Crippen molar-refractivity contribution in [2.75, 3.05) is 45.9 Å². The smallest absolute Gasteiger partial charge is 0.325 e. The maximum absolute atomic E-state index is 12.5. The highest BCUT2D eigenvalue weighted by Crippen LogP contribution is 2.34. The Morgan fingerprint density at radius 2 is 1.78 bits per heavy atom. The standard InChI is InChI=1S/C15H24N4O4/c20-10-9-17-5-7-18(8-6-17)12(21)11-19-13(22)15(16-14(19)23)3-1-2-4-15/h20H,1-11H2,(H,16,23). The first-order valence-electron chi connectivity index (χ1n) is 8.31. The number of carbonyl (C=O) groups is 3. The number of nitrogens with one attached hydrogen (secondary N) is 1. The highest BCUT2D eigenvalue weighted by Gasteiger charge is 2.52. The molecule has 0 aromatic carbocycles. The van der Waals surface area contributed by atoms with Crippen LogP contribution < -0.4 is 5.32 Å². The van der Waals surface area contributed by atoms with Crippen LogP contribution in [0.4, 0.5) is 4.79 Å². The zero-order valence-corrected chi connectivity index (χ0v) is 13.3. The summed E-state index contributed by atoms with van der Waals surface area (Å²) >= 11 is 0. The molecule has 128 valence electrons. The van der Waals surface area contributed by atoms with Crippen LogP contribution >= 0.6 is 0 Å². The molecular weight excluding hydrogens is 300 g/mol. The molecule has 1 spiro atoms. The van der Waals surface area contributed by atoms with E-state index in [1.165, 1.54) is 0 Å². The average Bonchev–Trinajstić information content (AvgIpc) is 3.10. The molecule has 3 aliphatic rings. The molecule has 2 saturated heterocycles. The highest BCUT2D eigenvalue weighted by atomic mass is 16.3. The third kappa shape index (κ3) is 3.05. The Morgan fingerprint density at radius 3 is 2.39 bits per heavy atom. The monoisotopic (exact) mass is 324 g/mol. The number of hydrogen-bond donors (Lipinski definition) is 2. The summed E-state index contributed by atoms with van der Waals surface area (Å²) < 4.78 is 0. The van der Waals surface area contributed by atoms with Gasteiger partial charge in [0.15, 0.2) is 0 Å². The van der Waals surface area contributed by atoms with Crippen LogP contribution in [0.5, 0.6) is 0 Å². The fraction of sp³-hybridized carbons (Fsp3) is 0.800. The molecule has 0 atom stereocenters. The van der Waals surface area contributed by atoms with Crippen molar-refractivity contribution in [2.24, 2.45) is 0 Å². The molecule has 23 heavy (non-hydrogen) atoms. The van der Waals surface area contributed by atoms with Gasteiger partial charge in [-0.2, -0.15) is 0 Å². The van der Waals surface area contributed by atoms with Gasteiger partial charge in [0, 0.05) is 32.7 Å². The van der Waals surface area contributed by atoms with Crippen LogP contribution in [0.3, 0.4) is 0 Å². The molecule has 8 heteroatoms. The fourth-order valence-corrected chi connectivity index (χ4v) is 3.73. The van der Waals surface area contributed by atoms with Crippen LogP contribution in [0.1, 0.15) is 25.7 Å². The summed E-state index contributed by atoms with van der Waals surface area (Å²) in [6.07, 6.45) is 3.20. The highest BCUT2D eigenvalue weighted by molar-refractivity contribution is 6.09. The van der Waals surface area contributed by atoms with Crippen molar-refractivity contribution in [3.8, 4) is 0 Å². The van der Waals surface area contributed by atoms with Crippen LogP contribution in [-0.4, -0.2) is 89.1 Å². The zero-order valence-electron chi connectivity index (χ0n) is 13.3. The molecule has 1 saturated carbocycles. The second-order valence-electron chi connectivity index (χ2n) is 6.56. The van der Waals surface area contributed by atoms with E-state index in [9.17, 15) is 14.4 Å². The number of imide groups is 1. The fourth-order valence-electron chi connectivity index (χ4n) is 3.73. The number of rotatable bonds is 4. The molecule has 4 amide bonds. The third-order valence-electron chi connectivity index (χ3n) is 5.14. The van der Waals surface area contributed by atoms with Crippen molar-refractivity contribution in [3.05, 3.63) is 0 Å². The quantitative estimate of drug-likeness (QED) is 0.646. The lowest BCUT2D eigenvalue weighted by atomic mass is 9.98. The van der Waals surface area contributed by atoms with Crippen molar-refractivity contribution in [2.45, 2.75) is 31.2 Å². The summed E-state index contributed by atoms with van der Waals surface area (Å²) in [4.78, 5) is 41.9. The molecule has 0 aromatic heterocycles. The van der Waals surface area contributed by atoms with E-state index in [2.05, 4.69) is 10.2 Å². The summed E-state index contributed by atoms with van der Waals surface area (Å²) in [5.41, 5.74) is -0.753. The molecule has 3 fully saturated rings. The molecule has 0 bridgehead atoms. The van der Waals surface area contributed by atoms with Crippen LogP contribution in [0.15, 0.2) is 0 Å². The maximum atomic E-state index is 12.5. The van der Waals surface area contributed by atoms with E-state index >= 15 is 0 Å². The summed E-state index contributed by atoms with van der Waals surface area (Å²) in [7, 11) is 0. The molecule has 0 aromatic rings. The van der Waals surface area contributed by atoms with Crippen molar-refractivity contribution in [3.63, 3.8) is 0 Å². The van der Waals surface area contributed by atoms with Gasteiger partial charge in [-0.05, 0) is 12.8 Å². The summed E-state index contributed by atoms with van der Waals surface area (Å²) in [5.74, 6) is -0.431. The number of aliphatic hydroxyl groups excluding tert-OH is 1. The maximum Gasteiger partial charge on any atom is 0.325 e. The van der Waals surface area contributed by atoms with Crippen molar-refractivity contribution >= 4 is 17.8 Å². The van der Waals surface area contributed by atoms with Gasteiger partial charge in [-0.25, -0.2) is 4.79 Å². The van der Waals surface area contributed by atoms with E-state index < -0.39 is 11.6 Å². The number of aliphatic hydroxyl groups is 1. The van der Waals surface area contributed by atoms with Crippen LogP contribution in [0.2, 0.25) is 0 Å². The molecule has 3 rings (SSSR count). The molecular formula is C15H24N4O4. The van der Waals surface area contributed by atoms with Gasteiger partial charge < -0.3 is 15.3 Å². The zero-order chi connectivity index (χ0) is 16.4. The molecule has 1 aliphatic carbocycles. The number of β-amino-alcohol motifs (C(OH)–C–C–N with tert-alkyl or cyclic N) is 1. The predicted octanol–water partition coefficient (Wildman–Crippen LogP) is -1.01. The van der Waals surface area contributed by atoms with Crippen molar-refractivity contribution < 1.29 is 19.5 Å². The largest absolute Gasteiger partial charge is 0.395 e. The van der Waals surface area contributed by atoms with E-state index in [1.807, 2.05) is 0 Å². The minimum Gasteiger partial charge on any atom is -0.395 e. The molecule has 0 radical (unpaired) electrons. The van der Waals surface area contributed by atoms with E-state index in [1.54, 1.807) is 4.90 Å². The lowest BCUT2D eigenvalue weighted by Gasteiger charge is -2.34. The Hall–Kier alpha value is -1.67. The number of hydrogen-bond acceptors (Lipinski definition) is 5. The van der Waals surface area contributed by atoms with Crippen molar-refractivity contribution in [1.82, 2.24) is 20.0 Å². The molecule has 2 heterocycles. The van der Waals surface area contributed by atoms with Gasteiger partial charge >= 0.3 is 6.03 Å². The molecule has 2 aliphatic heterocycles. The number of piperazine rings is 1. The lowest BCUT2D eigenvalue weighted by Crippen LogP contribution is -2.52. The molecule has 2 N–H and O–H groups in total. The van der Waals surface area contributed by atoms with E-state index in [0.717, 1.165) is 17.7 Å². The minimum atomic E-state index is -0.753. The van der Waals surface area contributed by atoms with Gasteiger partial charge in [-0.15, -0.1) is 0 Å². The normalized spacial score (nSPS) is 24.6. The first-order valence-corrected chi connectivity index (χ1v) is 8.31. The topological polar surface area (TPSA) is 93.2 Å². The average molecular weight is 324 g/mol. The Balaban J connectivity index is 1.56. The second kappa shape index (κ2) is 6.45. The Morgan fingerprint density at radius 1 is 1.13 bits per heavy atom. The van der Waals surface area contributed by atoms with E-state index in [0.29, 0.717) is 45.6 Å². The Bertz CT molecular complexity index is 496. The number of amides is 4. The summed E-state index contributed by atoms with van der Waals surface area (Å²) in [6, 6.07) is -0.441. The van der Waals surface area contributed by atoms with Crippen molar-refractivity contribution in [1.29, 1.82) is 0 Å². The number of urea groups is 1. The van der Waals surface area contributed by atoms with E-state index in [4.69, 9.17) is 5.11 Å². The Kier molecular flexibility index (Phi) is 4.54. The van der Waals surface area contributed by atoms with E-state index in [-0.39, 0.29) is 25.0 Å². The van der Waals surface area contributed by atoms with Gasteiger partial charge in [0.05, 0.1) is 6.61 Å². The summed E-state index contributed by atoms with van der Waals surface area (Å²) in [5, 5.41) is 11.7. The minimum absolute atomic E-state index is 0.110. The molecule has 8 nitrogen and oxygen atoms in total. The Labute approximate surface area is 135 Å². The first-order chi connectivity index (χ1) is 11.1. The third-order valence-corrected chi connectivity index (χ3v) is 5.14. The lowest BCUT2D eigenvalue weighted by molar-refractivity contribution is -0.139. The van der Waals surface area contributed by atoms with Gasteiger partial charge in [-0.1, -0.05) is 12.8 Å². The van der Waals surface area contributed by atoms with Gasteiger partial charge in [0.25, 0.3) is 5.91 Å². The van der Waals surface area contributed by atoms with Gasteiger partial charge in [0.1, 0.15) is 12.1 Å². The van der Waals surface area contributed by atoms with Crippen LogP contribution in [0.25, 0.3) is 0 Å². The predicted molar refractivity (Wildman–Crippen MR) is 81.5 cm³/mol. The SMILES string of the molecule is O=C(CN1C(=O)NC2(CCCC2)C1=O)N1CCN(CCO)CC1. The van der Waals surface area contributed by atoms with Gasteiger partial charge in [0.2, 0.25) is 5.91 Å². The number of carbonyl (C=O) groups excluding carboxylic acids is 3. The number of nitrogens with zero attached hydrogens (tertiary/aromatic N) is 3. The molecule has 0 unspecified atom stereocenters. The second-order valence-corrected chi connectivity index (χ2v) is 6.56. The van der Waals surface area contributed by atoms with Gasteiger partial charge in [-0.3, -0.25) is 19.4 Å².